The molecule has 348 valence electrons. The van der Waals surface area contributed by atoms with Crippen LogP contribution in [0.1, 0.15) is 206 Å². The Hall–Kier alpha value is -1.41. The van der Waals surface area contributed by atoms with E-state index in [1.165, 1.54) is 109 Å². The zero-order valence-corrected chi connectivity index (χ0v) is 37.7. The van der Waals surface area contributed by atoms with E-state index in [1.807, 2.05) is 0 Å². The zero-order chi connectivity index (χ0) is 43.6. The second-order valence-electron chi connectivity index (χ2n) is 16.6. The van der Waals surface area contributed by atoms with Gasteiger partial charge in [-0.1, -0.05) is 167 Å². The summed E-state index contributed by atoms with van der Waals surface area (Å²) in [5.41, 5.74) is 0. The van der Waals surface area contributed by atoms with Crippen LogP contribution in [-0.4, -0.2) is 98.3 Å². The van der Waals surface area contributed by atoms with E-state index in [4.69, 9.17) is 18.5 Å². The number of carbonyl (C=O) groups excluding carboxylic acids is 2. The lowest BCUT2D eigenvalue weighted by Crippen LogP contribution is -2.64. The lowest BCUT2D eigenvalue weighted by Gasteiger charge is -2.41. The molecule has 6 N–H and O–H groups in total. The van der Waals surface area contributed by atoms with Crippen LogP contribution in [0.25, 0.3) is 0 Å². The maximum absolute atomic E-state index is 12.8. The van der Waals surface area contributed by atoms with Gasteiger partial charge in [-0.2, -0.15) is 0 Å². The third-order valence-corrected chi connectivity index (χ3v) is 12.1. The van der Waals surface area contributed by atoms with E-state index >= 15 is 0 Å². The minimum absolute atomic E-state index is 0.101. The summed E-state index contributed by atoms with van der Waals surface area (Å²) in [7, 11) is -5.11. The third kappa shape index (κ3) is 28.7. The average Bonchev–Trinajstić information content (AvgIpc) is 3.21. The minimum Gasteiger partial charge on any atom is -0.462 e. The molecule has 13 nitrogen and oxygen atoms in total. The highest BCUT2D eigenvalue weighted by atomic mass is 31.2. The molecule has 0 spiro atoms. The van der Waals surface area contributed by atoms with Crippen molar-refractivity contribution in [1.82, 2.24) is 0 Å². The minimum atomic E-state index is -5.11. The number of aliphatic hydroxyl groups is 5. The fourth-order valence-electron chi connectivity index (χ4n) is 7.28. The molecular weight excluding hydrogens is 779 g/mol. The van der Waals surface area contributed by atoms with Crippen LogP contribution in [0.15, 0.2) is 12.2 Å². The number of esters is 2. The van der Waals surface area contributed by atoms with E-state index < -0.39 is 75.7 Å². The number of unbranched alkanes of at least 4 members (excludes halogenated alkanes) is 25. The van der Waals surface area contributed by atoms with Crippen molar-refractivity contribution in [2.24, 2.45) is 0 Å². The van der Waals surface area contributed by atoms with E-state index in [2.05, 4.69) is 26.0 Å². The Balaban J connectivity index is 2.41. The number of allylic oxidation sites excluding steroid dienone is 2. The van der Waals surface area contributed by atoms with Gasteiger partial charge in [0.2, 0.25) is 0 Å². The Kier molecular flexibility index (Phi) is 34.0. The Morgan fingerprint density at radius 3 is 1.29 bits per heavy atom. The summed E-state index contributed by atoms with van der Waals surface area (Å²) >= 11 is 0. The number of ether oxygens (including phenoxy) is 2. The van der Waals surface area contributed by atoms with Crippen LogP contribution in [-0.2, 0) is 32.7 Å². The van der Waals surface area contributed by atoms with Gasteiger partial charge in [-0.15, -0.1) is 0 Å². The van der Waals surface area contributed by atoms with Crippen molar-refractivity contribution in [1.29, 1.82) is 0 Å². The van der Waals surface area contributed by atoms with Crippen molar-refractivity contribution in [2.75, 3.05) is 13.2 Å². The third-order valence-electron chi connectivity index (χ3n) is 11.1. The van der Waals surface area contributed by atoms with Gasteiger partial charge in [0.15, 0.2) is 6.10 Å². The highest BCUT2D eigenvalue weighted by Gasteiger charge is 2.51. The number of phosphoric ester groups is 1. The summed E-state index contributed by atoms with van der Waals surface area (Å²) in [6.07, 6.45) is 24.2. The Labute approximate surface area is 356 Å². The molecule has 1 aliphatic rings. The van der Waals surface area contributed by atoms with Gasteiger partial charge in [0.1, 0.15) is 43.2 Å². The number of phosphoric acid groups is 1. The standard InChI is InChI=1S/C45H85O13P/c1-3-5-7-9-11-13-15-16-17-18-19-20-21-22-24-25-27-29-31-33-38(46)55-35-37(57-39(47)34-32-30-28-26-23-14-12-10-8-6-4-2)36-56-59(53,54)58-45-43(51)41(49)40(48)42(50)44(45)52/h18-19,37,40-45,48-52H,3-17,20-36H2,1-2H3,(H,53,54)/b19-18-/t37-,40?,41-,42?,43?,44?,45?/m1/s1. The van der Waals surface area contributed by atoms with Gasteiger partial charge in [-0.3, -0.25) is 18.6 Å². The van der Waals surface area contributed by atoms with E-state index in [0.29, 0.717) is 12.8 Å². The molecule has 0 aromatic rings. The molecule has 0 aliphatic heterocycles. The molecule has 59 heavy (non-hydrogen) atoms. The molecule has 8 atom stereocenters. The fraction of sp³-hybridized carbons (Fsp3) is 0.911. The molecular formula is C45H85O13P. The molecule has 1 saturated carbocycles. The molecule has 1 rings (SSSR count). The van der Waals surface area contributed by atoms with Crippen LogP contribution in [0, 0.1) is 0 Å². The second-order valence-corrected chi connectivity index (χ2v) is 18.0. The number of hydrogen-bond donors (Lipinski definition) is 6. The molecule has 0 heterocycles. The van der Waals surface area contributed by atoms with E-state index in [9.17, 15) is 44.6 Å². The Morgan fingerprint density at radius 1 is 0.508 bits per heavy atom. The summed E-state index contributed by atoms with van der Waals surface area (Å²) in [5, 5.41) is 50.1. The van der Waals surface area contributed by atoms with Crippen LogP contribution in [0.4, 0.5) is 0 Å². The first-order valence-corrected chi connectivity index (χ1v) is 25.0. The SMILES string of the molecule is CCCCCCCCCC/C=C\CCCCCCCCCC(=O)OC[C@H](COP(=O)(O)OC1C(O)C(O)C(O)[C@@H](O)C1O)OC(=O)CCCCCCCCCCCCC. The van der Waals surface area contributed by atoms with E-state index in [0.717, 1.165) is 57.8 Å². The largest absolute Gasteiger partial charge is 0.472 e. The molecule has 6 unspecified atom stereocenters. The van der Waals surface area contributed by atoms with Crippen LogP contribution >= 0.6 is 7.82 Å². The Morgan fingerprint density at radius 2 is 0.864 bits per heavy atom. The van der Waals surface area contributed by atoms with Crippen molar-refractivity contribution in [3.63, 3.8) is 0 Å². The summed E-state index contributed by atoms with van der Waals surface area (Å²) in [6.45, 7) is 3.29. The summed E-state index contributed by atoms with van der Waals surface area (Å²) in [5.74, 6) is -1.10. The molecule has 0 aromatic heterocycles. The molecule has 0 aromatic carbocycles. The van der Waals surface area contributed by atoms with Crippen molar-refractivity contribution >= 4 is 19.8 Å². The van der Waals surface area contributed by atoms with Crippen LogP contribution in [0.5, 0.6) is 0 Å². The van der Waals surface area contributed by atoms with Gasteiger partial charge in [0.25, 0.3) is 0 Å². The predicted octanol–water partition coefficient (Wildman–Crippen LogP) is 9.06. The van der Waals surface area contributed by atoms with Gasteiger partial charge < -0.3 is 39.9 Å². The first-order chi connectivity index (χ1) is 28.4. The van der Waals surface area contributed by atoms with E-state index in [-0.39, 0.29) is 12.8 Å². The maximum Gasteiger partial charge on any atom is 0.472 e. The molecule has 1 aliphatic carbocycles. The van der Waals surface area contributed by atoms with Gasteiger partial charge in [0.05, 0.1) is 6.61 Å². The number of aliphatic hydroxyl groups excluding tert-OH is 5. The highest BCUT2D eigenvalue weighted by Crippen LogP contribution is 2.47. The lowest BCUT2D eigenvalue weighted by molar-refractivity contribution is -0.220. The van der Waals surface area contributed by atoms with Crippen molar-refractivity contribution in [3.05, 3.63) is 12.2 Å². The molecule has 14 heteroatoms. The van der Waals surface area contributed by atoms with Crippen LogP contribution in [0.3, 0.4) is 0 Å². The fourth-order valence-corrected chi connectivity index (χ4v) is 8.26. The Bertz CT molecular complexity index is 1090. The van der Waals surface area contributed by atoms with Crippen molar-refractivity contribution < 1.29 is 63.1 Å². The predicted molar refractivity (Wildman–Crippen MR) is 231 cm³/mol. The molecule has 0 amide bonds. The van der Waals surface area contributed by atoms with Gasteiger partial charge in [0, 0.05) is 12.8 Å². The molecule has 0 saturated heterocycles. The summed E-state index contributed by atoms with van der Waals surface area (Å²) in [4.78, 5) is 35.6. The average molecular weight is 865 g/mol. The van der Waals surface area contributed by atoms with Gasteiger partial charge in [-0.25, -0.2) is 4.57 Å². The second kappa shape index (κ2) is 36.1. The number of rotatable bonds is 39. The first kappa shape index (κ1) is 55.6. The number of hydrogen-bond acceptors (Lipinski definition) is 12. The van der Waals surface area contributed by atoms with Gasteiger partial charge >= 0.3 is 19.8 Å². The van der Waals surface area contributed by atoms with Crippen molar-refractivity contribution in [2.45, 2.75) is 249 Å². The smallest absolute Gasteiger partial charge is 0.462 e. The highest BCUT2D eigenvalue weighted by molar-refractivity contribution is 7.47. The van der Waals surface area contributed by atoms with Crippen molar-refractivity contribution in [3.8, 4) is 0 Å². The zero-order valence-electron chi connectivity index (χ0n) is 36.8. The van der Waals surface area contributed by atoms with Crippen LogP contribution < -0.4 is 0 Å². The molecule has 0 radical (unpaired) electrons. The van der Waals surface area contributed by atoms with E-state index in [1.54, 1.807) is 0 Å². The molecule has 0 bridgehead atoms. The topological polar surface area (TPSA) is 210 Å². The maximum atomic E-state index is 12.8. The van der Waals surface area contributed by atoms with Crippen LogP contribution in [0.2, 0.25) is 0 Å². The lowest BCUT2D eigenvalue weighted by atomic mass is 9.85. The first-order valence-electron chi connectivity index (χ1n) is 23.5. The summed E-state index contributed by atoms with van der Waals surface area (Å²) in [6, 6.07) is 0. The quantitative estimate of drug-likeness (QED) is 0.0148. The monoisotopic (exact) mass is 865 g/mol. The number of carbonyl (C=O) groups is 2. The summed E-state index contributed by atoms with van der Waals surface area (Å²) < 4.78 is 33.5. The molecule has 1 fully saturated rings. The van der Waals surface area contributed by atoms with Gasteiger partial charge in [-0.05, 0) is 38.5 Å². The normalized spacial score (nSPS) is 22.4.